The molecule has 0 bridgehead atoms. The summed E-state index contributed by atoms with van der Waals surface area (Å²) in [5.41, 5.74) is 1.33. The van der Waals surface area contributed by atoms with Gasteiger partial charge in [-0.05, 0) is 37.8 Å². The highest BCUT2D eigenvalue weighted by Gasteiger charge is 2.01. The molecule has 1 nitrogen and oxygen atoms in total. The first kappa shape index (κ1) is 11.3. The van der Waals surface area contributed by atoms with Gasteiger partial charge in [-0.15, -0.1) is 0 Å². The zero-order chi connectivity index (χ0) is 11.2. The van der Waals surface area contributed by atoms with Crippen molar-refractivity contribution in [1.82, 2.24) is 0 Å². The van der Waals surface area contributed by atoms with Gasteiger partial charge in [0.25, 0.3) is 0 Å². The highest BCUT2D eigenvalue weighted by atomic mass is 32.2. The average Bonchev–Trinajstić information content (AvgIpc) is 2.38. The van der Waals surface area contributed by atoms with Crippen molar-refractivity contribution in [2.75, 3.05) is 0 Å². The van der Waals surface area contributed by atoms with E-state index in [0.717, 1.165) is 17.7 Å². The molecule has 2 heteroatoms. The molecule has 1 atom stereocenters. The fraction of sp³-hybridized carbons (Fsp3) is 0.286. The van der Waals surface area contributed by atoms with Gasteiger partial charge in [0.2, 0.25) is 0 Å². The third kappa shape index (κ3) is 3.17. The van der Waals surface area contributed by atoms with Crippen molar-refractivity contribution in [3.05, 3.63) is 53.5 Å². The first-order valence-electron chi connectivity index (χ1n) is 5.69. The quantitative estimate of drug-likeness (QED) is 0.774. The lowest BCUT2D eigenvalue weighted by molar-refractivity contribution is 0.688. The van der Waals surface area contributed by atoms with Gasteiger partial charge in [-0.2, -0.15) is 0 Å². The van der Waals surface area contributed by atoms with Gasteiger partial charge in [0, 0.05) is 10.3 Å². The maximum Gasteiger partial charge on any atom is 0.0776 e. The number of allylic oxidation sites excluding steroid dienone is 3. The van der Waals surface area contributed by atoms with Crippen molar-refractivity contribution < 1.29 is 4.21 Å². The van der Waals surface area contributed by atoms with Gasteiger partial charge in [0.1, 0.15) is 0 Å². The molecule has 0 aliphatic heterocycles. The molecule has 0 saturated carbocycles. The summed E-state index contributed by atoms with van der Waals surface area (Å²) in [5, 5.41) is 1.80. The Morgan fingerprint density at radius 1 is 1.12 bits per heavy atom. The molecule has 84 valence electrons. The molecular formula is C14H16OS. The van der Waals surface area contributed by atoms with E-state index in [1.165, 1.54) is 18.4 Å². The van der Waals surface area contributed by atoms with Gasteiger partial charge in [-0.1, -0.05) is 35.9 Å². The summed E-state index contributed by atoms with van der Waals surface area (Å²) in [5.74, 6) is 0. The Bertz CT molecular complexity index is 418. The van der Waals surface area contributed by atoms with Crippen molar-refractivity contribution in [2.45, 2.75) is 30.6 Å². The lowest BCUT2D eigenvalue weighted by atomic mass is 10.0. The lowest BCUT2D eigenvalue weighted by Crippen LogP contribution is -1.90. The van der Waals surface area contributed by atoms with Crippen LogP contribution in [0, 0.1) is 0 Å². The van der Waals surface area contributed by atoms with Crippen LogP contribution in [-0.4, -0.2) is 4.21 Å². The van der Waals surface area contributed by atoms with Crippen LogP contribution in [0.1, 0.15) is 25.7 Å². The zero-order valence-electron chi connectivity index (χ0n) is 9.26. The van der Waals surface area contributed by atoms with Gasteiger partial charge in [0.15, 0.2) is 0 Å². The molecule has 0 fully saturated rings. The van der Waals surface area contributed by atoms with E-state index >= 15 is 0 Å². The Hall–Kier alpha value is -1.15. The second-order valence-corrected chi connectivity index (χ2v) is 5.28. The molecule has 1 unspecified atom stereocenters. The zero-order valence-corrected chi connectivity index (χ0v) is 10.1. The standard InChI is InChI=1S/C14H16OS/c15-16(14-9-5-2-6-10-14)12-11-13-7-3-1-4-8-13/h2,5-7,9-12H,1,3-4,8H2. The smallest absolute Gasteiger partial charge is 0.0776 e. The summed E-state index contributed by atoms with van der Waals surface area (Å²) in [6, 6.07) is 9.57. The van der Waals surface area contributed by atoms with Crippen LogP contribution in [0.2, 0.25) is 0 Å². The summed E-state index contributed by atoms with van der Waals surface area (Å²) < 4.78 is 11.9. The van der Waals surface area contributed by atoms with Gasteiger partial charge in [-0.3, -0.25) is 0 Å². The summed E-state index contributed by atoms with van der Waals surface area (Å²) >= 11 is 0. The van der Waals surface area contributed by atoms with Crippen molar-refractivity contribution in [3.63, 3.8) is 0 Å². The highest BCUT2D eigenvalue weighted by molar-refractivity contribution is 7.88. The van der Waals surface area contributed by atoms with Gasteiger partial charge in [0.05, 0.1) is 10.8 Å². The van der Waals surface area contributed by atoms with E-state index in [1.54, 1.807) is 5.41 Å². The van der Waals surface area contributed by atoms with Crippen LogP contribution in [0.3, 0.4) is 0 Å². The Morgan fingerprint density at radius 2 is 1.94 bits per heavy atom. The Balaban J connectivity index is 2.02. The van der Waals surface area contributed by atoms with Crippen LogP contribution in [0.5, 0.6) is 0 Å². The minimum atomic E-state index is -1.01. The normalized spacial score (nSPS) is 18.4. The molecule has 0 N–H and O–H groups in total. The predicted molar refractivity (Wildman–Crippen MR) is 68.5 cm³/mol. The Morgan fingerprint density at radius 3 is 2.62 bits per heavy atom. The summed E-state index contributed by atoms with van der Waals surface area (Å²) in [7, 11) is -1.01. The van der Waals surface area contributed by atoms with Gasteiger partial charge < -0.3 is 0 Å². The summed E-state index contributed by atoms with van der Waals surface area (Å²) in [6.07, 6.45) is 9.11. The minimum Gasteiger partial charge on any atom is -0.250 e. The Kier molecular flexibility index (Phi) is 4.11. The van der Waals surface area contributed by atoms with Gasteiger partial charge in [-0.25, -0.2) is 4.21 Å². The second-order valence-electron chi connectivity index (χ2n) is 3.94. The predicted octanol–water partition coefficient (Wildman–Crippen LogP) is 3.81. The van der Waals surface area contributed by atoms with E-state index in [-0.39, 0.29) is 0 Å². The molecule has 0 heterocycles. The first-order valence-corrected chi connectivity index (χ1v) is 6.90. The van der Waals surface area contributed by atoms with Crippen molar-refractivity contribution in [3.8, 4) is 0 Å². The van der Waals surface area contributed by atoms with Gasteiger partial charge >= 0.3 is 0 Å². The molecule has 1 aliphatic carbocycles. The van der Waals surface area contributed by atoms with E-state index in [0.29, 0.717) is 0 Å². The van der Waals surface area contributed by atoms with Crippen molar-refractivity contribution in [1.29, 1.82) is 0 Å². The number of benzene rings is 1. The maximum atomic E-state index is 11.9. The van der Waals surface area contributed by atoms with Crippen LogP contribution in [0.15, 0.2) is 58.4 Å². The molecule has 2 rings (SSSR count). The molecule has 0 aromatic heterocycles. The van der Waals surface area contributed by atoms with Crippen LogP contribution < -0.4 is 0 Å². The Labute approximate surface area is 99.3 Å². The average molecular weight is 232 g/mol. The van der Waals surface area contributed by atoms with Crippen LogP contribution in [0.4, 0.5) is 0 Å². The number of rotatable bonds is 3. The summed E-state index contributed by atoms with van der Waals surface area (Å²) in [6.45, 7) is 0. The van der Waals surface area contributed by atoms with Crippen LogP contribution in [0.25, 0.3) is 0 Å². The molecule has 16 heavy (non-hydrogen) atoms. The van der Waals surface area contributed by atoms with E-state index in [2.05, 4.69) is 6.08 Å². The number of hydrogen-bond donors (Lipinski definition) is 0. The molecule has 1 aromatic rings. The minimum absolute atomic E-state index is 0.871. The molecule has 0 saturated heterocycles. The third-order valence-corrected chi connectivity index (χ3v) is 3.83. The van der Waals surface area contributed by atoms with Crippen molar-refractivity contribution >= 4 is 10.8 Å². The lowest BCUT2D eigenvalue weighted by Gasteiger charge is -2.07. The SMILES string of the molecule is O=S(C=CC1=CCCCC1)c1ccccc1. The second kappa shape index (κ2) is 5.80. The van der Waals surface area contributed by atoms with Crippen LogP contribution >= 0.6 is 0 Å². The highest BCUT2D eigenvalue weighted by Crippen LogP contribution is 2.18. The maximum absolute atomic E-state index is 11.9. The van der Waals surface area contributed by atoms with E-state index in [9.17, 15) is 4.21 Å². The first-order chi connectivity index (χ1) is 7.86. The monoisotopic (exact) mass is 232 g/mol. The largest absolute Gasteiger partial charge is 0.250 e. The number of hydrogen-bond acceptors (Lipinski definition) is 1. The fourth-order valence-corrected chi connectivity index (χ4v) is 2.68. The fourth-order valence-electron chi connectivity index (χ4n) is 1.80. The van der Waals surface area contributed by atoms with E-state index in [1.807, 2.05) is 36.4 Å². The van der Waals surface area contributed by atoms with E-state index in [4.69, 9.17) is 0 Å². The topological polar surface area (TPSA) is 17.1 Å². The third-order valence-electron chi connectivity index (χ3n) is 2.71. The van der Waals surface area contributed by atoms with Crippen molar-refractivity contribution in [2.24, 2.45) is 0 Å². The molecule has 0 amide bonds. The summed E-state index contributed by atoms with van der Waals surface area (Å²) in [4.78, 5) is 0.871. The molecule has 0 radical (unpaired) electrons. The molecular weight excluding hydrogens is 216 g/mol. The van der Waals surface area contributed by atoms with E-state index < -0.39 is 10.8 Å². The molecule has 0 spiro atoms. The molecule has 1 aromatic carbocycles. The molecule has 1 aliphatic rings. The van der Waals surface area contributed by atoms with Crippen LogP contribution in [-0.2, 0) is 10.8 Å².